The fourth-order valence-corrected chi connectivity index (χ4v) is 1.99. The molecular formula is C12H21NO5. The minimum absolute atomic E-state index is 0.122. The first-order chi connectivity index (χ1) is 8.23. The lowest BCUT2D eigenvalue weighted by Gasteiger charge is -2.36. The lowest BCUT2D eigenvalue weighted by molar-refractivity contribution is -0.144. The lowest BCUT2D eigenvalue weighted by atomic mass is 9.90. The first-order valence-corrected chi connectivity index (χ1v) is 6.04. The first kappa shape index (κ1) is 14.8. The maximum Gasteiger partial charge on any atom is 0.410 e. The van der Waals surface area contributed by atoms with Crippen LogP contribution in [0.25, 0.3) is 0 Å². The topological polar surface area (TPSA) is 87.1 Å². The average Bonchev–Trinajstić information content (AvgIpc) is 2.26. The number of rotatable bonds is 2. The third-order valence-electron chi connectivity index (χ3n) is 2.80. The van der Waals surface area contributed by atoms with Gasteiger partial charge in [0.1, 0.15) is 5.60 Å². The van der Waals surface area contributed by atoms with Crippen molar-refractivity contribution in [2.75, 3.05) is 19.7 Å². The summed E-state index contributed by atoms with van der Waals surface area (Å²) < 4.78 is 5.21. The van der Waals surface area contributed by atoms with Crippen molar-refractivity contribution in [3.8, 4) is 0 Å². The predicted molar refractivity (Wildman–Crippen MR) is 64.1 cm³/mol. The van der Waals surface area contributed by atoms with Crippen LogP contribution in [0.1, 0.15) is 27.2 Å². The van der Waals surface area contributed by atoms with E-state index in [2.05, 4.69) is 0 Å². The van der Waals surface area contributed by atoms with Gasteiger partial charge >= 0.3 is 12.1 Å². The van der Waals surface area contributed by atoms with Gasteiger partial charge in [0, 0.05) is 25.6 Å². The van der Waals surface area contributed by atoms with Crippen LogP contribution < -0.4 is 0 Å². The van der Waals surface area contributed by atoms with Crippen LogP contribution in [0.3, 0.4) is 0 Å². The fraction of sp³-hybridized carbons (Fsp3) is 0.833. The summed E-state index contributed by atoms with van der Waals surface area (Å²) in [6.45, 7) is 5.63. The summed E-state index contributed by atoms with van der Waals surface area (Å²) in [5, 5.41) is 18.2. The van der Waals surface area contributed by atoms with Gasteiger partial charge in [0.15, 0.2) is 0 Å². The Morgan fingerprint density at radius 2 is 1.94 bits per heavy atom. The van der Waals surface area contributed by atoms with Gasteiger partial charge in [-0.25, -0.2) is 4.79 Å². The number of nitrogens with zero attached hydrogens (tertiary/aromatic N) is 1. The van der Waals surface area contributed by atoms with E-state index in [0.29, 0.717) is 13.0 Å². The van der Waals surface area contributed by atoms with E-state index in [1.54, 1.807) is 20.8 Å². The van der Waals surface area contributed by atoms with Crippen LogP contribution >= 0.6 is 0 Å². The molecule has 0 spiro atoms. The van der Waals surface area contributed by atoms with Crippen molar-refractivity contribution >= 4 is 12.1 Å². The minimum Gasteiger partial charge on any atom is -0.481 e. The molecule has 0 aromatic heterocycles. The fourth-order valence-electron chi connectivity index (χ4n) is 1.99. The molecule has 0 bridgehead atoms. The van der Waals surface area contributed by atoms with Crippen LogP contribution in [0.2, 0.25) is 0 Å². The van der Waals surface area contributed by atoms with Crippen LogP contribution in [-0.4, -0.2) is 52.5 Å². The van der Waals surface area contributed by atoms with Gasteiger partial charge in [0.05, 0.1) is 5.92 Å². The van der Waals surface area contributed by atoms with E-state index in [4.69, 9.17) is 14.9 Å². The molecule has 0 radical (unpaired) electrons. The molecule has 1 saturated heterocycles. The van der Waals surface area contributed by atoms with Crippen molar-refractivity contribution in [2.24, 2.45) is 11.8 Å². The predicted octanol–water partition coefficient (Wildman–Crippen LogP) is 0.936. The van der Waals surface area contributed by atoms with Crippen LogP contribution in [0.5, 0.6) is 0 Å². The summed E-state index contributed by atoms with van der Waals surface area (Å²) in [4.78, 5) is 24.3. The van der Waals surface area contributed by atoms with E-state index < -0.39 is 23.6 Å². The van der Waals surface area contributed by atoms with Gasteiger partial charge in [-0.05, 0) is 27.2 Å². The second kappa shape index (κ2) is 5.56. The molecule has 0 aliphatic carbocycles. The Kier molecular flexibility index (Phi) is 4.56. The Balaban J connectivity index is 2.69. The summed E-state index contributed by atoms with van der Waals surface area (Å²) in [5.74, 6) is -1.78. The van der Waals surface area contributed by atoms with Crippen LogP contribution in [0.4, 0.5) is 4.79 Å². The third kappa shape index (κ3) is 4.18. The number of piperidine rings is 1. The molecule has 0 unspecified atom stereocenters. The molecule has 6 heteroatoms. The molecule has 2 N–H and O–H groups in total. The number of hydrogen-bond acceptors (Lipinski definition) is 4. The largest absolute Gasteiger partial charge is 0.481 e. The normalized spacial score (nSPS) is 24.8. The number of hydrogen-bond donors (Lipinski definition) is 2. The summed E-state index contributed by atoms with van der Waals surface area (Å²) >= 11 is 0. The standard InChI is InChI=1S/C12H21NO5/c1-12(2,3)18-11(17)13-5-8(7-14)4-9(6-13)10(15)16/h8-9,14H,4-7H2,1-3H3,(H,15,16)/t8-,9-/m1/s1. The highest BCUT2D eigenvalue weighted by atomic mass is 16.6. The van der Waals surface area contributed by atoms with Crippen molar-refractivity contribution in [3.05, 3.63) is 0 Å². The Bertz CT molecular complexity index is 323. The number of aliphatic hydroxyl groups is 1. The van der Waals surface area contributed by atoms with Crippen molar-refractivity contribution in [1.82, 2.24) is 4.90 Å². The minimum atomic E-state index is -0.943. The second-order valence-corrected chi connectivity index (χ2v) is 5.70. The summed E-state index contributed by atoms with van der Waals surface area (Å²) in [7, 11) is 0. The smallest absolute Gasteiger partial charge is 0.410 e. The summed E-state index contributed by atoms with van der Waals surface area (Å²) in [6, 6.07) is 0. The highest BCUT2D eigenvalue weighted by Crippen LogP contribution is 2.23. The van der Waals surface area contributed by atoms with E-state index >= 15 is 0 Å². The zero-order valence-electron chi connectivity index (χ0n) is 11.0. The highest BCUT2D eigenvalue weighted by molar-refractivity contribution is 5.73. The van der Waals surface area contributed by atoms with Gasteiger partial charge in [0.25, 0.3) is 0 Å². The number of amides is 1. The molecule has 2 atom stereocenters. The number of aliphatic hydroxyl groups excluding tert-OH is 1. The van der Waals surface area contributed by atoms with Crippen LogP contribution in [-0.2, 0) is 9.53 Å². The Hall–Kier alpha value is -1.30. The maximum absolute atomic E-state index is 11.9. The number of carboxylic acid groups (broad SMARTS) is 1. The van der Waals surface area contributed by atoms with E-state index in [-0.39, 0.29) is 19.1 Å². The molecule has 1 fully saturated rings. The molecule has 1 aliphatic rings. The van der Waals surface area contributed by atoms with Gasteiger partial charge in [-0.15, -0.1) is 0 Å². The zero-order chi connectivity index (χ0) is 13.9. The van der Waals surface area contributed by atoms with Crippen molar-refractivity contribution < 1.29 is 24.5 Å². The molecular weight excluding hydrogens is 238 g/mol. The number of carbonyl (C=O) groups is 2. The second-order valence-electron chi connectivity index (χ2n) is 5.70. The molecule has 0 aromatic rings. The van der Waals surface area contributed by atoms with Crippen molar-refractivity contribution in [3.63, 3.8) is 0 Å². The quantitative estimate of drug-likeness (QED) is 0.770. The van der Waals surface area contributed by atoms with E-state index in [0.717, 1.165) is 0 Å². The van der Waals surface area contributed by atoms with Crippen LogP contribution in [0, 0.1) is 11.8 Å². The van der Waals surface area contributed by atoms with Crippen LogP contribution in [0.15, 0.2) is 0 Å². The van der Waals surface area contributed by atoms with E-state index in [1.165, 1.54) is 4.90 Å². The molecule has 18 heavy (non-hydrogen) atoms. The maximum atomic E-state index is 11.9. The summed E-state index contributed by atoms with van der Waals surface area (Å²) in [5.41, 5.74) is -0.609. The van der Waals surface area contributed by atoms with Gasteiger partial charge in [-0.1, -0.05) is 0 Å². The SMILES string of the molecule is CC(C)(C)OC(=O)N1C[C@H](CO)C[C@@H](C(=O)O)C1. The highest BCUT2D eigenvalue weighted by Gasteiger charge is 2.35. The van der Waals surface area contributed by atoms with Gasteiger partial charge < -0.3 is 19.8 Å². The molecule has 1 rings (SSSR count). The molecule has 0 saturated carbocycles. The molecule has 104 valence electrons. The molecule has 6 nitrogen and oxygen atoms in total. The first-order valence-electron chi connectivity index (χ1n) is 6.04. The van der Waals surface area contributed by atoms with Crippen molar-refractivity contribution in [1.29, 1.82) is 0 Å². The number of ether oxygens (including phenoxy) is 1. The summed E-state index contributed by atoms with van der Waals surface area (Å²) in [6.07, 6.45) is -0.127. The number of carboxylic acids is 1. The monoisotopic (exact) mass is 259 g/mol. The Morgan fingerprint density at radius 1 is 1.33 bits per heavy atom. The van der Waals surface area contributed by atoms with Crippen molar-refractivity contribution in [2.45, 2.75) is 32.8 Å². The number of carbonyl (C=O) groups excluding carboxylic acids is 1. The van der Waals surface area contributed by atoms with Gasteiger partial charge in [0.2, 0.25) is 0 Å². The molecule has 0 aromatic carbocycles. The zero-order valence-corrected chi connectivity index (χ0v) is 11.0. The van der Waals surface area contributed by atoms with Gasteiger partial charge in [-0.2, -0.15) is 0 Å². The third-order valence-corrected chi connectivity index (χ3v) is 2.80. The number of likely N-dealkylation sites (tertiary alicyclic amines) is 1. The van der Waals surface area contributed by atoms with E-state index in [1.807, 2.05) is 0 Å². The molecule has 1 heterocycles. The lowest BCUT2D eigenvalue weighted by Crippen LogP contribution is -2.48. The van der Waals surface area contributed by atoms with E-state index in [9.17, 15) is 9.59 Å². The Labute approximate surface area is 107 Å². The van der Waals surface area contributed by atoms with Gasteiger partial charge in [-0.3, -0.25) is 4.79 Å². The Morgan fingerprint density at radius 3 is 2.39 bits per heavy atom. The molecule has 1 amide bonds. The molecule has 1 aliphatic heterocycles. The number of aliphatic carboxylic acids is 1. The average molecular weight is 259 g/mol.